The SMILES string of the molecule is COc1ccc(-c2nc3cc(N)cnc3o2)cc1OC. The second-order valence-corrected chi connectivity index (χ2v) is 4.18. The van der Waals surface area contributed by atoms with Crippen molar-refractivity contribution in [1.82, 2.24) is 9.97 Å². The van der Waals surface area contributed by atoms with E-state index in [4.69, 9.17) is 19.6 Å². The fourth-order valence-corrected chi connectivity index (χ4v) is 1.93. The van der Waals surface area contributed by atoms with Gasteiger partial charge in [-0.2, -0.15) is 0 Å². The number of nitrogen functional groups attached to an aromatic ring is 1. The summed E-state index contributed by atoms with van der Waals surface area (Å²) in [5.74, 6) is 1.72. The number of nitrogens with two attached hydrogens (primary N) is 1. The molecule has 0 aliphatic rings. The molecule has 0 unspecified atom stereocenters. The number of benzene rings is 1. The van der Waals surface area contributed by atoms with Crippen LogP contribution in [-0.2, 0) is 0 Å². The van der Waals surface area contributed by atoms with Gasteiger partial charge in [0, 0.05) is 5.56 Å². The predicted octanol–water partition coefficient (Wildman–Crippen LogP) is 2.49. The third-order valence-electron chi connectivity index (χ3n) is 2.90. The van der Waals surface area contributed by atoms with E-state index in [-0.39, 0.29) is 0 Å². The molecule has 1 aromatic carbocycles. The van der Waals surface area contributed by atoms with Gasteiger partial charge in [-0.25, -0.2) is 9.97 Å². The van der Waals surface area contributed by atoms with Crippen molar-refractivity contribution in [2.75, 3.05) is 20.0 Å². The highest BCUT2D eigenvalue weighted by Gasteiger charge is 2.12. The molecular weight excluding hydrogens is 258 g/mol. The Hall–Kier alpha value is -2.76. The second kappa shape index (κ2) is 4.73. The van der Waals surface area contributed by atoms with Gasteiger partial charge >= 0.3 is 0 Å². The van der Waals surface area contributed by atoms with Gasteiger partial charge < -0.3 is 19.6 Å². The molecule has 0 spiro atoms. The van der Waals surface area contributed by atoms with Crippen LogP contribution in [0.1, 0.15) is 0 Å². The highest BCUT2D eigenvalue weighted by Crippen LogP contribution is 2.32. The van der Waals surface area contributed by atoms with E-state index in [2.05, 4.69) is 9.97 Å². The summed E-state index contributed by atoms with van der Waals surface area (Å²) >= 11 is 0. The number of ether oxygens (including phenoxy) is 2. The lowest BCUT2D eigenvalue weighted by Crippen LogP contribution is -1.90. The number of aromatic nitrogens is 2. The number of pyridine rings is 1. The molecule has 2 aromatic heterocycles. The first-order valence-corrected chi connectivity index (χ1v) is 5.95. The fraction of sp³-hybridized carbons (Fsp3) is 0.143. The normalized spacial score (nSPS) is 10.7. The molecule has 0 bridgehead atoms. The van der Waals surface area contributed by atoms with Gasteiger partial charge in [-0.05, 0) is 24.3 Å². The second-order valence-electron chi connectivity index (χ2n) is 4.18. The van der Waals surface area contributed by atoms with Crippen molar-refractivity contribution in [2.24, 2.45) is 0 Å². The average Bonchev–Trinajstić information content (AvgIpc) is 2.89. The predicted molar refractivity (Wildman–Crippen MR) is 74.8 cm³/mol. The Morgan fingerprint density at radius 2 is 1.90 bits per heavy atom. The fourth-order valence-electron chi connectivity index (χ4n) is 1.93. The lowest BCUT2D eigenvalue weighted by atomic mass is 10.2. The van der Waals surface area contributed by atoms with Crippen molar-refractivity contribution in [2.45, 2.75) is 0 Å². The molecule has 0 saturated carbocycles. The van der Waals surface area contributed by atoms with E-state index in [1.54, 1.807) is 32.4 Å². The first kappa shape index (κ1) is 12.3. The van der Waals surface area contributed by atoms with Crippen molar-refractivity contribution in [1.29, 1.82) is 0 Å². The molecule has 0 radical (unpaired) electrons. The number of anilines is 1. The number of methoxy groups -OCH3 is 2. The molecule has 3 aromatic rings. The van der Waals surface area contributed by atoms with Gasteiger partial charge in [0.05, 0.1) is 26.1 Å². The zero-order valence-corrected chi connectivity index (χ0v) is 11.1. The van der Waals surface area contributed by atoms with E-state index < -0.39 is 0 Å². The molecule has 0 amide bonds. The Balaban J connectivity index is 2.10. The van der Waals surface area contributed by atoms with E-state index in [1.807, 2.05) is 6.07 Å². The summed E-state index contributed by atoms with van der Waals surface area (Å²) in [4.78, 5) is 8.46. The zero-order chi connectivity index (χ0) is 14.1. The van der Waals surface area contributed by atoms with Crippen molar-refractivity contribution in [3.05, 3.63) is 30.5 Å². The molecule has 6 nitrogen and oxygen atoms in total. The molecule has 6 heteroatoms. The van der Waals surface area contributed by atoms with Gasteiger partial charge in [0.25, 0.3) is 0 Å². The Kier molecular flexibility index (Phi) is 2.90. The Morgan fingerprint density at radius 1 is 1.10 bits per heavy atom. The molecule has 20 heavy (non-hydrogen) atoms. The molecule has 0 aliphatic carbocycles. The van der Waals surface area contributed by atoms with Gasteiger partial charge in [-0.15, -0.1) is 0 Å². The minimum atomic E-state index is 0.448. The number of nitrogens with zero attached hydrogens (tertiary/aromatic N) is 2. The summed E-state index contributed by atoms with van der Waals surface area (Å²) in [5, 5.41) is 0. The van der Waals surface area contributed by atoms with Crippen LogP contribution in [0, 0.1) is 0 Å². The summed E-state index contributed by atoms with van der Waals surface area (Å²) in [6, 6.07) is 7.16. The van der Waals surface area contributed by atoms with Gasteiger partial charge in [0.2, 0.25) is 11.6 Å². The van der Waals surface area contributed by atoms with E-state index in [1.165, 1.54) is 6.20 Å². The quantitative estimate of drug-likeness (QED) is 0.788. The van der Waals surface area contributed by atoms with Gasteiger partial charge in [0.1, 0.15) is 5.52 Å². The smallest absolute Gasteiger partial charge is 0.247 e. The molecule has 3 rings (SSSR count). The summed E-state index contributed by atoms with van der Waals surface area (Å²) in [6.07, 6.45) is 1.53. The third kappa shape index (κ3) is 2.01. The van der Waals surface area contributed by atoms with E-state index in [0.717, 1.165) is 5.56 Å². The van der Waals surface area contributed by atoms with Crippen LogP contribution in [0.2, 0.25) is 0 Å². The van der Waals surface area contributed by atoms with Crippen LogP contribution in [0.4, 0.5) is 5.69 Å². The highest BCUT2D eigenvalue weighted by molar-refractivity contribution is 5.76. The molecule has 0 fully saturated rings. The van der Waals surface area contributed by atoms with Gasteiger partial charge in [-0.1, -0.05) is 0 Å². The molecule has 0 atom stereocenters. The van der Waals surface area contributed by atoms with Gasteiger partial charge in [0.15, 0.2) is 11.5 Å². The number of hydrogen-bond acceptors (Lipinski definition) is 6. The van der Waals surface area contributed by atoms with Crippen LogP contribution in [0.5, 0.6) is 11.5 Å². The van der Waals surface area contributed by atoms with E-state index in [0.29, 0.717) is 34.3 Å². The molecule has 2 heterocycles. The van der Waals surface area contributed by atoms with E-state index >= 15 is 0 Å². The average molecular weight is 271 g/mol. The maximum atomic E-state index is 5.67. The van der Waals surface area contributed by atoms with Gasteiger partial charge in [-0.3, -0.25) is 0 Å². The zero-order valence-electron chi connectivity index (χ0n) is 11.1. The lowest BCUT2D eigenvalue weighted by Gasteiger charge is -2.07. The van der Waals surface area contributed by atoms with Crippen LogP contribution >= 0.6 is 0 Å². The van der Waals surface area contributed by atoms with Crippen molar-refractivity contribution < 1.29 is 13.9 Å². The molecule has 0 aliphatic heterocycles. The topological polar surface area (TPSA) is 83.4 Å². The molecule has 102 valence electrons. The number of hydrogen-bond donors (Lipinski definition) is 1. The summed E-state index contributed by atoms with van der Waals surface area (Å²) in [5.41, 5.74) is 8.07. The lowest BCUT2D eigenvalue weighted by molar-refractivity contribution is 0.355. The maximum Gasteiger partial charge on any atom is 0.247 e. The monoisotopic (exact) mass is 271 g/mol. The number of rotatable bonds is 3. The highest BCUT2D eigenvalue weighted by atomic mass is 16.5. The Labute approximate surface area is 115 Å². The molecular formula is C14H13N3O3. The first-order chi connectivity index (χ1) is 9.71. The van der Waals surface area contributed by atoms with Crippen LogP contribution < -0.4 is 15.2 Å². The van der Waals surface area contributed by atoms with Crippen molar-refractivity contribution in [3.63, 3.8) is 0 Å². The van der Waals surface area contributed by atoms with Crippen LogP contribution in [0.3, 0.4) is 0 Å². The summed E-state index contributed by atoms with van der Waals surface area (Å²) in [7, 11) is 3.17. The van der Waals surface area contributed by atoms with Crippen LogP contribution in [0.25, 0.3) is 22.7 Å². The largest absolute Gasteiger partial charge is 0.493 e. The minimum absolute atomic E-state index is 0.448. The van der Waals surface area contributed by atoms with Crippen LogP contribution in [-0.4, -0.2) is 24.2 Å². The van der Waals surface area contributed by atoms with Crippen molar-refractivity contribution in [3.8, 4) is 23.0 Å². The van der Waals surface area contributed by atoms with Crippen molar-refractivity contribution >= 4 is 16.9 Å². The first-order valence-electron chi connectivity index (χ1n) is 5.95. The minimum Gasteiger partial charge on any atom is -0.493 e. The standard InChI is InChI=1S/C14H13N3O3/c1-18-11-4-3-8(5-12(11)19-2)13-17-10-6-9(15)7-16-14(10)20-13/h3-7H,15H2,1-2H3. The Bertz CT molecular complexity index is 767. The number of fused-ring (bicyclic) bond motifs is 1. The molecule has 2 N–H and O–H groups in total. The summed E-state index contributed by atoms with van der Waals surface area (Å²) < 4.78 is 16.1. The maximum absolute atomic E-state index is 5.67. The van der Waals surface area contributed by atoms with E-state index in [9.17, 15) is 0 Å². The molecule has 0 saturated heterocycles. The van der Waals surface area contributed by atoms with Crippen LogP contribution in [0.15, 0.2) is 34.9 Å². The third-order valence-corrected chi connectivity index (χ3v) is 2.90. The Morgan fingerprint density at radius 3 is 2.65 bits per heavy atom. The number of oxazole rings is 1. The summed E-state index contributed by atoms with van der Waals surface area (Å²) in [6.45, 7) is 0.